The third kappa shape index (κ3) is 4.48. The van der Waals surface area contributed by atoms with Crippen molar-refractivity contribution < 1.29 is 14.3 Å². The molecule has 1 amide bonds. The fourth-order valence-electron chi connectivity index (χ4n) is 2.15. The van der Waals surface area contributed by atoms with E-state index in [-0.39, 0.29) is 29.8 Å². The van der Waals surface area contributed by atoms with Gasteiger partial charge in [-0.25, -0.2) is 0 Å². The maximum absolute atomic E-state index is 11.7. The number of hydrogen-bond donors (Lipinski definition) is 1. The van der Waals surface area contributed by atoms with Crippen LogP contribution < -0.4 is 5.32 Å². The third-order valence-electron chi connectivity index (χ3n) is 3.37. The van der Waals surface area contributed by atoms with Gasteiger partial charge >= 0.3 is 5.97 Å². The highest BCUT2D eigenvalue weighted by molar-refractivity contribution is 6.19. The van der Waals surface area contributed by atoms with Crippen LogP contribution in [0.25, 0.3) is 0 Å². The molecule has 4 nitrogen and oxygen atoms in total. The molecule has 0 bridgehead atoms. The molecule has 1 unspecified atom stereocenters. The average molecular weight is 276 g/mol. The molecule has 1 atom stereocenters. The average Bonchev–Trinajstić information content (AvgIpc) is 2.38. The van der Waals surface area contributed by atoms with Gasteiger partial charge in [-0.15, -0.1) is 11.6 Å². The Hall–Kier alpha value is -0.770. The van der Waals surface area contributed by atoms with E-state index in [1.807, 2.05) is 13.8 Å². The van der Waals surface area contributed by atoms with Crippen molar-refractivity contribution in [2.75, 3.05) is 12.5 Å². The van der Waals surface area contributed by atoms with Gasteiger partial charge in [-0.2, -0.15) is 0 Å². The standard InChI is InChI=1S/C13H22ClNO3/c1-3-18-13(17)10-4-6-11(7-5-10)15-12(16)9(2)8-14/h9-11H,3-8H2,1-2H3,(H,15,16). The van der Waals surface area contributed by atoms with Crippen LogP contribution in [0.15, 0.2) is 0 Å². The summed E-state index contributed by atoms with van der Waals surface area (Å²) < 4.78 is 5.01. The van der Waals surface area contributed by atoms with E-state index in [4.69, 9.17) is 16.3 Å². The summed E-state index contributed by atoms with van der Waals surface area (Å²) in [5.74, 6) is 0.0864. The Kier molecular flexibility index (Phi) is 6.47. The summed E-state index contributed by atoms with van der Waals surface area (Å²) in [6, 6.07) is 0.175. The molecule has 0 spiro atoms. The molecule has 1 rings (SSSR count). The lowest BCUT2D eigenvalue weighted by atomic mass is 9.86. The number of rotatable bonds is 5. The van der Waals surface area contributed by atoms with Crippen molar-refractivity contribution in [2.45, 2.75) is 45.6 Å². The number of carbonyl (C=O) groups is 2. The van der Waals surface area contributed by atoms with Crippen molar-refractivity contribution in [1.29, 1.82) is 0 Å². The maximum Gasteiger partial charge on any atom is 0.308 e. The number of esters is 1. The van der Waals surface area contributed by atoms with Gasteiger partial charge in [0, 0.05) is 17.8 Å². The molecule has 0 saturated heterocycles. The molecule has 0 heterocycles. The Morgan fingerprint density at radius 3 is 2.44 bits per heavy atom. The Balaban J connectivity index is 2.31. The number of amides is 1. The quantitative estimate of drug-likeness (QED) is 0.617. The first-order chi connectivity index (χ1) is 8.58. The van der Waals surface area contributed by atoms with Crippen molar-refractivity contribution in [3.8, 4) is 0 Å². The molecule has 1 N–H and O–H groups in total. The summed E-state index contributed by atoms with van der Waals surface area (Å²) in [5.41, 5.74) is 0. The first-order valence-electron chi connectivity index (χ1n) is 6.61. The predicted molar refractivity (Wildman–Crippen MR) is 70.4 cm³/mol. The monoisotopic (exact) mass is 275 g/mol. The van der Waals surface area contributed by atoms with Crippen LogP contribution in [-0.4, -0.2) is 30.4 Å². The molecule has 1 saturated carbocycles. The van der Waals surface area contributed by atoms with Crippen LogP contribution >= 0.6 is 11.6 Å². The predicted octanol–water partition coefficient (Wildman–Crippen LogP) is 2.10. The van der Waals surface area contributed by atoms with Gasteiger partial charge in [0.2, 0.25) is 5.91 Å². The van der Waals surface area contributed by atoms with Gasteiger partial charge in [-0.1, -0.05) is 6.92 Å². The summed E-state index contributed by atoms with van der Waals surface area (Å²) in [4.78, 5) is 23.2. The second kappa shape index (κ2) is 7.62. The summed E-state index contributed by atoms with van der Waals surface area (Å²) in [6.45, 7) is 4.06. The highest BCUT2D eigenvalue weighted by Gasteiger charge is 2.28. The smallest absolute Gasteiger partial charge is 0.308 e. The van der Waals surface area contributed by atoms with Gasteiger partial charge in [-0.3, -0.25) is 9.59 Å². The van der Waals surface area contributed by atoms with E-state index in [2.05, 4.69) is 5.32 Å². The molecule has 18 heavy (non-hydrogen) atoms. The van der Waals surface area contributed by atoms with Crippen LogP contribution in [-0.2, 0) is 14.3 Å². The first-order valence-corrected chi connectivity index (χ1v) is 7.14. The van der Waals surface area contributed by atoms with Gasteiger partial charge in [-0.05, 0) is 32.6 Å². The van der Waals surface area contributed by atoms with Gasteiger partial charge in [0.15, 0.2) is 0 Å². The Morgan fingerprint density at radius 1 is 1.33 bits per heavy atom. The van der Waals surface area contributed by atoms with E-state index >= 15 is 0 Å². The maximum atomic E-state index is 11.7. The molecule has 1 aliphatic rings. The van der Waals surface area contributed by atoms with Crippen molar-refractivity contribution in [2.24, 2.45) is 11.8 Å². The molecule has 0 aromatic carbocycles. The van der Waals surface area contributed by atoms with E-state index in [1.165, 1.54) is 0 Å². The van der Waals surface area contributed by atoms with E-state index in [1.54, 1.807) is 0 Å². The molecular weight excluding hydrogens is 254 g/mol. The van der Waals surface area contributed by atoms with Crippen LogP contribution in [0.4, 0.5) is 0 Å². The van der Waals surface area contributed by atoms with Crippen molar-refractivity contribution >= 4 is 23.5 Å². The van der Waals surface area contributed by atoms with Gasteiger partial charge in [0.25, 0.3) is 0 Å². The fraction of sp³-hybridized carbons (Fsp3) is 0.846. The number of ether oxygens (including phenoxy) is 1. The molecule has 0 aromatic rings. The summed E-state index contributed by atoms with van der Waals surface area (Å²) in [6.07, 6.45) is 3.26. The summed E-state index contributed by atoms with van der Waals surface area (Å²) in [7, 11) is 0. The van der Waals surface area contributed by atoms with Gasteiger partial charge < -0.3 is 10.1 Å². The largest absolute Gasteiger partial charge is 0.466 e. The number of halogens is 1. The van der Waals surface area contributed by atoms with E-state index in [0.717, 1.165) is 25.7 Å². The fourth-order valence-corrected chi connectivity index (χ4v) is 2.29. The van der Waals surface area contributed by atoms with Crippen molar-refractivity contribution in [3.63, 3.8) is 0 Å². The lowest BCUT2D eigenvalue weighted by molar-refractivity contribution is -0.149. The minimum absolute atomic E-state index is 0.00329. The Bertz CT molecular complexity index is 288. The van der Waals surface area contributed by atoms with Crippen LogP contribution in [0.2, 0.25) is 0 Å². The number of hydrogen-bond acceptors (Lipinski definition) is 3. The molecule has 104 valence electrons. The molecule has 1 aliphatic carbocycles. The Morgan fingerprint density at radius 2 is 1.94 bits per heavy atom. The normalized spacial score (nSPS) is 25.3. The zero-order chi connectivity index (χ0) is 13.5. The van der Waals surface area contributed by atoms with E-state index in [9.17, 15) is 9.59 Å². The first kappa shape index (κ1) is 15.3. The van der Waals surface area contributed by atoms with Crippen LogP contribution in [0.3, 0.4) is 0 Å². The Labute approximate surface area is 113 Å². The number of carbonyl (C=O) groups excluding carboxylic acids is 2. The van der Waals surface area contributed by atoms with Crippen molar-refractivity contribution in [1.82, 2.24) is 5.32 Å². The second-order valence-corrected chi connectivity index (χ2v) is 5.17. The summed E-state index contributed by atoms with van der Waals surface area (Å²) >= 11 is 5.64. The zero-order valence-electron chi connectivity index (χ0n) is 11.1. The minimum Gasteiger partial charge on any atom is -0.466 e. The minimum atomic E-state index is -0.158. The molecule has 0 aromatic heterocycles. The second-order valence-electron chi connectivity index (χ2n) is 4.86. The van der Waals surface area contributed by atoms with Crippen LogP contribution in [0.1, 0.15) is 39.5 Å². The topological polar surface area (TPSA) is 55.4 Å². The molecule has 1 fully saturated rings. The third-order valence-corrected chi connectivity index (χ3v) is 3.84. The number of alkyl halides is 1. The highest BCUT2D eigenvalue weighted by Crippen LogP contribution is 2.25. The van der Waals surface area contributed by atoms with Gasteiger partial charge in [0.05, 0.1) is 12.5 Å². The zero-order valence-corrected chi connectivity index (χ0v) is 11.8. The number of nitrogens with one attached hydrogen (secondary N) is 1. The summed E-state index contributed by atoms with van der Waals surface area (Å²) in [5, 5.41) is 2.99. The highest BCUT2D eigenvalue weighted by atomic mass is 35.5. The van der Waals surface area contributed by atoms with Crippen LogP contribution in [0, 0.1) is 11.8 Å². The molecule has 0 radical (unpaired) electrons. The lowest BCUT2D eigenvalue weighted by Gasteiger charge is -2.28. The van der Waals surface area contributed by atoms with E-state index < -0.39 is 0 Å². The molecular formula is C13H22ClNO3. The lowest BCUT2D eigenvalue weighted by Crippen LogP contribution is -2.41. The SMILES string of the molecule is CCOC(=O)C1CCC(NC(=O)C(C)CCl)CC1. The van der Waals surface area contributed by atoms with Crippen molar-refractivity contribution in [3.05, 3.63) is 0 Å². The molecule has 5 heteroatoms. The van der Waals surface area contributed by atoms with Crippen LogP contribution in [0.5, 0.6) is 0 Å². The molecule has 0 aliphatic heterocycles. The van der Waals surface area contributed by atoms with E-state index in [0.29, 0.717) is 12.5 Å². The van der Waals surface area contributed by atoms with Gasteiger partial charge in [0.1, 0.15) is 0 Å².